The third kappa shape index (κ3) is 2.52. The van der Waals surface area contributed by atoms with E-state index in [-0.39, 0.29) is 37.0 Å². The van der Waals surface area contributed by atoms with E-state index in [0.717, 1.165) is 5.56 Å². The number of hydrogen-bond donors (Lipinski definition) is 0. The number of fused-ring (bicyclic) bond motifs is 3. The third-order valence-corrected chi connectivity index (χ3v) is 3.97. The quantitative estimate of drug-likeness (QED) is 0.625. The van der Waals surface area contributed by atoms with E-state index in [1.807, 2.05) is 30.3 Å². The molecule has 0 bridgehead atoms. The normalized spacial score (nSPS) is 41.0. The number of benzene rings is 1. The molecular weight excluding hydrogens is 272 g/mol. The summed E-state index contributed by atoms with van der Waals surface area (Å²) in [6.07, 6.45) is 0.739. The summed E-state index contributed by atoms with van der Waals surface area (Å²) < 4.78 is 28.9. The molecule has 0 spiro atoms. The van der Waals surface area contributed by atoms with Crippen molar-refractivity contribution in [3.63, 3.8) is 0 Å². The van der Waals surface area contributed by atoms with Crippen molar-refractivity contribution < 1.29 is 23.7 Å². The van der Waals surface area contributed by atoms with Crippen molar-refractivity contribution in [2.45, 2.75) is 37.0 Å². The van der Waals surface area contributed by atoms with Gasteiger partial charge in [0, 0.05) is 5.56 Å². The fourth-order valence-electron chi connectivity index (χ4n) is 2.90. The second-order valence-electron chi connectivity index (χ2n) is 5.41. The van der Waals surface area contributed by atoms with Crippen LogP contribution in [-0.4, -0.2) is 43.9 Å². The van der Waals surface area contributed by atoms with Crippen molar-refractivity contribution in [1.82, 2.24) is 0 Å². The van der Waals surface area contributed by atoms with Gasteiger partial charge < -0.3 is 23.7 Å². The van der Waals surface area contributed by atoms with Crippen LogP contribution in [0.4, 0.5) is 0 Å². The molecule has 1 aromatic rings. The second-order valence-corrected chi connectivity index (χ2v) is 5.41. The Morgan fingerprint density at radius 1 is 1.10 bits per heavy atom. The summed E-state index contributed by atoms with van der Waals surface area (Å²) in [5.74, 6) is 0. The molecule has 6 atom stereocenters. The Morgan fingerprint density at radius 2 is 1.95 bits per heavy atom. The maximum absolute atomic E-state index is 6.04. The number of rotatable bonds is 4. The predicted molar refractivity (Wildman–Crippen MR) is 73.5 cm³/mol. The number of hydrogen-bond acceptors (Lipinski definition) is 5. The Bertz CT molecular complexity index is 505. The summed E-state index contributed by atoms with van der Waals surface area (Å²) in [7, 11) is 0. The van der Waals surface area contributed by atoms with E-state index >= 15 is 0 Å². The van der Waals surface area contributed by atoms with Crippen LogP contribution in [0.5, 0.6) is 0 Å². The van der Waals surface area contributed by atoms with Crippen LogP contribution in [0.1, 0.15) is 11.9 Å². The molecule has 3 saturated heterocycles. The highest BCUT2D eigenvalue weighted by atomic mass is 16.8. The summed E-state index contributed by atoms with van der Waals surface area (Å²) in [5.41, 5.74) is 1.01. The van der Waals surface area contributed by atoms with Crippen LogP contribution < -0.4 is 0 Å². The maximum Gasteiger partial charge on any atom is 0.187 e. The minimum absolute atomic E-state index is 0.0358. The SMILES string of the molecule is C=CCOC1OC2COC(c3ccccc3)OC2C2OC12. The van der Waals surface area contributed by atoms with Crippen LogP contribution in [0.2, 0.25) is 0 Å². The van der Waals surface area contributed by atoms with Crippen molar-refractivity contribution in [1.29, 1.82) is 0 Å². The average molecular weight is 290 g/mol. The lowest BCUT2D eigenvalue weighted by molar-refractivity contribution is -0.306. The Balaban J connectivity index is 1.43. The zero-order valence-electron chi connectivity index (χ0n) is 11.6. The topological polar surface area (TPSA) is 49.5 Å². The van der Waals surface area contributed by atoms with Crippen molar-refractivity contribution in [2.24, 2.45) is 0 Å². The first kappa shape index (κ1) is 13.4. The minimum atomic E-state index is -0.355. The van der Waals surface area contributed by atoms with Crippen LogP contribution >= 0.6 is 0 Å². The molecule has 0 N–H and O–H groups in total. The largest absolute Gasteiger partial charge is 0.361 e. The maximum atomic E-state index is 6.04. The van der Waals surface area contributed by atoms with E-state index in [1.54, 1.807) is 6.08 Å². The predicted octanol–water partition coefficient (Wildman–Crippen LogP) is 1.80. The molecule has 112 valence electrons. The molecule has 5 nitrogen and oxygen atoms in total. The Morgan fingerprint density at radius 3 is 2.76 bits per heavy atom. The van der Waals surface area contributed by atoms with Gasteiger partial charge in [0.15, 0.2) is 12.6 Å². The van der Waals surface area contributed by atoms with Crippen molar-refractivity contribution in [2.75, 3.05) is 13.2 Å². The van der Waals surface area contributed by atoms with Gasteiger partial charge in [0.25, 0.3) is 0 Å². The highest BCUT2D eigenvalue weighted by Crippen LogP contribution is 2.43. The first-order chi connectivity index (χ1) is 10.4. The van der Waals surface area contributed by atoms with E-state index < -0.39 is 0 Å². The summed E-state index contributed by atoms with van der Waals surface area (Å²) in [6.45, 7) is 4.56. The average Bonchev–Trinajstić information content (AvgIpc) is 3.34. The zero-order valence-corrected chi connectivity index (χ0v) is 11.6. The van der Waals surface area contributed by atoms with E-state index in [2.05, 4.69) is 6.58 Å². The van der Waals surface area contributed by atoms with E-state index in [1.165, 1.54) is 0 Å². The lowest BCUT2D eigenvalue weighted by Gasteiger charge is -2.39. The van der Waals surface area contributed by atoms with Crippen molar-refractivity contribution in [3.8, 4) is 0 Å². The molecule has 3 aliphatic rings. The second kappa shape index (κ2) is 5.51. The standard InChI is InChI=1S/C16H18O5/c1-2-8-17-16-14-13(20-14)12-11(19-16)9-18-15(21-12)10-6-4-3-5-7-10/h2-7,11-16H,1,8-9H2. The highest BCUT2D eigenvalue weighted by Gasteiger charge is 2.60. The van der Waals surface area contributed by atoms with E-state index in [9.17, 15) is 0 Å². The van der Waals surface area contributed by atoms with Crippen molar-refractivity contribution in [3.05, 3.63) is 48.6 Å². The van der Waals surface area contributed by atoms with Gasteiger partial charge in [-0.05, 0) is 0 Å². The summed E-state index contributed by atoms with van der Waals surface area (Å²) >= 11 is 0. The lowest BCUT2D eigenvalue weighted by atomic mass is 10.0. The van der Waals surface area contributed by atoms with Crippen molar-refractivity contribution >= 4 is 0 Å². The van der Waals surface area contributed by atoms with Crippen LogP contribution in [0.25, 0.3) is 0 Å². The molecule has 0 saturated carbocycles. The fraction of sp³-hybridized carbons (Fsp3) is 0.500. The van der Waals surface area contributed by atoms with Crippen LogP contribution in [0, 0.1) is 0 Å². The van der Waals surface area contributed by atoms with Gasteiger partial charge in [0.05, 0.1) is 13.2 Å². The smallest absolute Gasteiger partial charge is 0.187 e. The monoisotopic (exact) mass is 290 g/mol. The van der Waals surface area contributed by atoms with Gasteiger partial charge in [-0.3, -0.25) is 0 Å². The summed E-state index contributed by atoms with van der Waals surface area (Å²) in [4.78, 5) is 0. The minimum Gasteiger partial charge on any atom is -0.361 e. The first-order valence-electron chi connectivity index (χ1n) is 7.22. The Kier molecular flexibility index (Phi) is 3.52. The number of ether oxygens (including phenoxy) is 5. The zero-order chi connectivity index (χ0) is 14.2. The molecule has 1 aromatic carbocycles. The van der Waals surface area contributed by atoms with Gasteiger partial charge in [-0.25, -0.2) is 0 Å². The Hall–Kier alpha value is -1.24. The molecule has 21 heavy (non-hydrogen) atoms. The van der Waals surface area contributed by atoms with Gasteiger partial charge in [0.2, 0.25) is 0 Å². The molecule has 0 radical (unpaired) electrons. The molecule has 0 amide bonds. The van der Waals surface area contributed by atoms with E-state index in [0.29, 0.717) is 13.2 Å². The third-order valence-electron chi connectivity index (χ3n) is 3.97. The van der Waals surface area contributed by atoms with E-state index in [4.69, 9.17) is 23.7 Å². The highest BCUT2D eigenvalue weighted by molar-refractivity contribution is 5.17. The molecule has 3 aliphatic heterocycles. The molecule has 0 aliphatic carbocycles. The van der Waals surface area contributed by atoms with Crippen LogP contribution in [-0.2, 0) is 23.7 Å². The number of epoxide rings is 1. The van der Waals surface area contributed by atoms with Gasteiger partial charge in [0.1, 0.15) is 24.4 Å². The molecule has 4 rings (SSSR count). The van der Waals surface area contributed by atoms with Gasteiger partial charge in [-0.2, -0.15) is 0 Å². The Labute approximate surface area is 123 Å². The van der Waals surface area contributed by atoms with Crippen LogP contribution in [0.3, 0.4) is 0 Å². The lowest BCUT2D eigenvalue weighted by Crippen LogP contribution is -2.52. The molecule has 3 heterocycles. The molecular formula is C16H18O5. The van der Waals surface area contributed by atoms with Crippen LogP contribution in [0.15, 0.2) is 43.0 Å². The molecule has 0 aromatic heterocycles. The first-order valence-corrected chi connectivity index (χ1v) is 7.22. The molecule has 5 heteroatoms. The van der Waals surface area contributed by atoms with Gasteiger partial charge in [-0.1, -0.05) is 36.4 Å². The molecule has 3 fully saturated rings. The van der Waals surface area contributed by atoms with Gasteiger partial charge in [-0.15, -0.1) is 6.58 Å². The summed E-state index contributed by atoms with van der Waals surface area (Å²) in [5, 5.41) is 0. The fourth-order valence-corrected chi connectivity index (χ4v) is 2.90. The van der Waals surface area contributed by atoms with Gasteiger partial charge >= 0.3 is 0 Å². The molecule has 6 unspecified atom stereocenters. The summed E-state index contributed by atoms with van der Waals surface area (Å²) in [6, 6.07) is 9.91.